The molecule has 218 valence electrons. The van der Waals surface area contributed by atoms with Crippen molar-refractivity contribution in [3.63, 3.8) is 0 Å². The number of ether oxygens (including phenoxy) is 2. The van der Waals surface area contributed by atoms with Gasteiger partial charge in [0.2, 0.25) is 5.95 Å². The summed E-state index contributed by atoms with van der Waals surface area (Å²) in [5.74, 6) is -0.416. The zero-order valence-corrected chi connectivity index (χ0v) is 23.4. The van der Waals surface area contributed by atoms with Crippen LogP contribution in [0.4, 0.5) is 30.6 Å². The third kappa shape index (κ3) is 6.99. The highest BCUT2D eigenvalue weighted by Gasteiger charge is 2.31. The molecule has 0 unspecified atom stereocenters. The Morgan fingerprint density at radius 3 is 2.49 bits per heavy atom. The van der Waals surface area contributed by atoms with E-state index in [1.165, 1.54) is 18.2 Å². The van der Waals surface area contributed by atoms with Crippen LogP contribution in [-0.4, -0.2) is 59.5 Å². The number of benzene rings is 1. The average molecular weight is 571 g/mol. The van der Waals surface area contributed by atoms with Gasteiger partial charge >= 0.3 is 12.1 Å². The molecule has 1 aliphatic heterocycles. The fourth-order valence-electron chi connectivity index (χ4n) is 4.52. The van der Waals surface area contributed by atoms with Crippen LogP contribution in [0, 0.1) is 11.3 Å². The minimum atomic E-state index is -4.55. The number of aromatic nitrogens is 3. The molecule has 1 aliphatic rings. The Morgan fingerprint density at radius 2 is 1.88 bits per heavy atom. The number of nitrogens with zero attached hydrogens (tertiary/aromatic N) is 4. The molecule has 0 bridgehead atoms. The molecular formula is C29H33F3N6O3. The summed E-state index contributed by atoms with van der Waals surface area (Å²) in [7, 11) is 1.92. The lowest BCUT2D eigenvalue weighted by atomic mass is 9.92. The summed E-state index contributed by atoms with van der Waals surface area (Å²) in [6.45, 7) is 6.74. The monoisotopic (exact) mass is 570 g/mol. The summed E-state index contributed by atoms with van der Waals surface area (Å²) in [6.07, 6.45) is 0.374. The first-order valence-corrected chi connectivity index (χ1v) is 13.4. The van der Waals surface area contributed by atoms with Gasteiger partial charge in [-0.2, -0.15) is 13.2 Å². The van der Waals surface area contributed by atoms with Gasteiger partial charge in [0.15, 0.2) is 5.69 Å². The maximum atomic E-state index is 13.4. The van der Waals surface area contributed by atoms with Crippen molar-refractivity contribution < 1.29 is 27.4 Å². The molecule has 0 aliphatic carbocycles. The van der Waals surface area contributed by atoms with Gasteiger partial charge in [0.1, 0.15) is 5.82 Å². The van der Waals surface area contributed by atoms with Crippen molar-refractivity contribution in [1.82, 2.24) is 15.0 Å². The average Bonchev–Trinajstić information content (AvgIpc) is 2.96. The summed E-state index contributed by atoms with van der Waals surface area (Å²) < 4.78 is 50.8. The second kappa shape index (κ2) is 12.6. The molecule has 1 saturated heterocycles. The highest BCUT2D eigenvalue weighted by atomic mass is 19.4. The first-order valence-electron chi connectivity index (χ1n) is 13.4. The number of anilines is 3. The number of pyridine rings is 1. The van der Waals surface area contributed by atoms with Gasteiger partial charge in [0, 0.05) is 61.2 Å². The van der Waals surface area contributed by atoms with E-state index in [0.29, 0.717) is 35.9 Å². The number of nitrogens with one attached hydrogen (secondary N) is 2. The van der Waals surface area contributed by atoms with E-state index in [9.17, 15) is 18.0 Å². The first kappa shape index (κ1) is 29.9. The molecule has 9 nitrogen and oxygen atoms in total. The molecule has 0 amide bonds. The lowest BCUT2D eigenvalue weighted by Gasteiger charge is -2.31. The molecule has 12 heteroatoms. The summed E-state index contributed by atoms with van der Waals surface area (Å²) >= 11 is 0. The van der Waals surface area contributed by atoms with E-state index < -0.39 is 17.7 Å². The van der Waals surface area contributed by atoms with Crippen LogP contribution in [0.1, 0.15) is 55.2 Å². The van der Waals surface area contributed by atoms with Crippen LogP contribution in [0.2, 0.25) is 0 Å². The number of carbonyl (C=O) groups excluding carboxylic acids is 1. The fourth-order valence-corrected chi connectivity index (χ4v) is 4.52. The van der Waals surface area contributed by atoms with E-state index in [0.717, 1.165) is 25.0 Å². The van der Waals surface area contributed by atoms with Gasteiger partial charge in [-0.05, 0) is 55.5 Å². The van der Waals surface area contributed by atoms with Crippen molar-refractivity contribution in [2.24, 2.45) is 5.92 Å². The quantitative estimate of drug-likeness (QED) is 0.234. The third-order valence-corrected chi connectivity index (χ3v) is 6.81. The van der Waals surface area contributed by atoms with Crippen LogP contribution in [0.5, 0.6) is 0 Å². The fraction of sp³-hybridized carbons (Fsp3) is 0.414. The van der Waals surface area contributed by atoms with Crippen molar-refractivity contribution in [1.29, 1.82) is 5.41 Å². The van der Waals surface area contributed by atoms with E-state index >= 15 is 0 Å². The standard InChI is InChI=1S/C29H33F3N6O3/c1-5-41-27(39)23-14-22(18-15-34-28(35-16-18)38(4)21-9-11-40-12-10-21)24(25(33)17(2)3)26(37-23)36-20-8-6-7-19(13-20)29(30,31)32/h6-8,13-17,21,33H,5,9-12H2,1-4H3,(H,36,37). The summed E-state index contributed by atoms with van der Waals surface area (Å²) in [5, 5.41) is 11.8. The van der Waals surface area contributed by atoms with E-state index in [4.69, 9.17) is 14.9 Å². The van der Waals surface area contributed by atoms with E-state index in [2.05, 4.69) is 20.3 Å². The molecule has 0 atom stereocenters. The van der Waals surface area contributed by atoms with Gasteiger partial charge in [0.05, 0.1) is 12.2 Å². The highest BCUT2D eigenvalue weighted by Crippen LogP contribution is 2.35. The van der Waals surface area contributed by atoms with Crippen molar-refractivity contribution in [2.45, 2.75) is 45.8 Å². The van der Waals surface area contributed by atoms with Gasteiger partial charge in [-0.1, -0.05) is 19.9 Å². The Kier molecular flexibility index (Phi) is 9.21. The number of halogens is 3. The maximum Gasteiger partial charge on any atom is 0.416 e. The lowest BCUT2D eigenvalue weighted by Crippen LogP contribution is -2.37. The molecule has 2 aromatic heterocycles. The minimum absolute atomic E-state index is 0.0481. The number of alkyl halides is 3. The molecule has 1 fully saturated rings. The maximum absolute atomic E-state index is 13.4. The van der Waals surface area contributed by atoms with Crippen LogP contribution in [0.15, 0.2) is 42.7 Å². The minimum Gasteiger partial charge on any atom is -0.461 e. The third-order valence-electron chi connectivity index (χ3n) is 6.81. The second-order valence-electron chi connectivity index (χ2n) is 10.00. The number of hydrogen-bond donors (Lipinski definition) is 2. The largest absolute Gasteiger partial charge is 0.461 e. The number of hydrogen-bond acceptors (Lipinski definition) is 9. The van der Waals surface area contributed by atoms with Crippen LogP contribution >= 0.6 is 0 Å². The van der Waals surface area contributed by atoms with Gasteiger partial charge < -0.3 is 25.1 Å². The van der Waals surface area contributed by atoms with E-state index in [-0.39, 0.29) is 41.5 Å². The topological polar surface area (TPSA) is 113 Å². The Morgan fingerprint density at radius 1 is 1.20 bits per heavy atom. The zero-order chi connectivity index (χ0) is 29.7. The molecule has 0 saturated carbocycles. The molecule has 4 rings (SSSR count). The molecule has 1 aromatic carbocycles. The van der Waals surface area contributed by atoms with Crippen molar-refractivity contribution >= 4 is 29.1 Å². The predicted octanol–water partition coefficient (Wildman–Crippen LogP) is 6.12. The van der Waals surface area contributed by atoms with Gasteiger partial charge in [-0.3, -0.25) is 0 Å². The van der Waals surface area contributed by atoms with Crippen molar-refractivity contribution in [2.75, 3.05) is 37.1 Å². The van der Waals surface area contributed by atoms with Crippen LogP contribution < -0.4 is 10.2 Å². The first-order chi connectivity index (χ1) is 19.5. The van der Waals surface area contributed by atoms with Gasteiger partial charge in [0.25, 0.3) is 0 Å². The van der Waals surface area contributed by atoms with Crippen LogP contribution in [-0.2, 0) is 15.7 Å². The molecule has 41 heavy (non-hydrogen) atoms. The van der Waals surface area contributed by atoms with Crippen molar-refractivity contribution in [3.8, 4) is 11.1 Å². The zero-order valence-electron chi connectivity index (χ0n) is 23.4. The molecule has 2 N–H and O–H groups in total. The van der Waals surface area contributed by atoms with Crippen LogP contribution in [0.3, 0.4) is 0 Å². The predicted molar refractivity (Wildman–Crippen MR) is 150 cm³/mol. The van der Waals surface area contributed by atoms with Crippen LogP contribution in [0.25, 0.3) is 11.1 Å². The van der Waals surface area contributed by atoms with E-state index in [1.807, 2.05) is 25.8 Å². The number of rotatable bonds is 9. The smallest absolute Gasteiger partial charge is 0.416 e. The normalized spacial score (nSPS) is 14.1. The highest BCUT2D eigenvalue weighted by molar-refractivity contribution is 6.10. The molecule has 3 aromatic rings. The SMILES string of the molecule is CCOC(=O)c1cc(-c2cnc(N(C)C3CCOCC3)nc2)c(C(=N)C(C)C)c(Nc2cccc(C(F)(F)F)c2)n1. The lowest BCUT2D eigenvalue weighted by molar-refractivity contribution is -0.137. The van der Waals surface area contributed by atoms with Crippen molar-refractivity contribution in [3.05, 3.63) is 59.5 Å². The van der Waals surface area contributed by atoms with Gasteiger partial charge in [-0.15, -0.1) is 0 Å². The Hall–Kier alpha value is -4.06. The van der Waals surface area contributed by atoms with E-state index in [1.54, 1.807) is 19.3 Å². The Balaban J connectivity index is 1.83. The number of esters is 1. The summed E-state index contributed by atoms with van der Waals surface area (Å²) in [4.78, 5) is 28.3. The second-order valence-corrected chi connectivity index (χ2v) is 10.00. The Labute approximate surface area is 236 Å². The molecule has 0 spiro atoms. The van der Waals surface area contributed by atoms with Gasteiger partial charge in [-0.25, -0.2) is 19.7 Å². The summed E-state index contributed by atoms with van der Waals surface area (Å²) in [5.41, 5.74) is 0.607. The number of carbonyl (C=O) groups is 1. The molecule has 3 heterocycles. The molecule has 0 radical (unpaired) electrons. The summed E-state index contributed by atoms with van der Waals surface area (Å²) in [6, 6.07) is 6.38. The molecular weight excluding hydrogens is 537 g/mol. The Bertz CT molecular complexity index is 1390.